The van der Waals surface area contributed by atoms with Gasteiger partial charge in [-0.15, -0.1) is 11.3 Å². The van der Waals surface area contributed by atoms with Gasteiger partial charge < -0.3 is 15.2 Å². The average Bonchev–Trinajstić information content (AvgIpc) is 2.78. The molecule has 0 amide bonds. The number of nitrogens with one attached hydrogen (secondary N) is 1. The molecule has 2 atom stereocenters. The molecule has 1 aromatic heterocycles. The summed E-state index contributed by atoms with van der Waals surface area (Å²) in [6.07, 6.45) is 0.825. The molecule has 0 aliphatic carbocycles. The summed E-state index contributed by atoms with van der Waals surface area (Å²) in [7, 11) is 0. The second-order valence-corrected chi connectivity index (χ2v) is 6.17. The normalized spacial score (nSPS) is 14.9. The number of hydrogen-bond acceptors (Lipinski definition) is 4. The summed E-state index contributed by atoms with van der Waals surface area (Å²) in [4.78, 5) is 1.29. The number of rotatable bonds is 9. The largest absolute Gasteiger partial charge is 0.389 e. The summed E-state index contributed by atoms with van der Waals surface area (Å²) >= 11 is 1.72. The van der Waals surface area contributed by atoms with Crippen molar-refractivity contribution in [3.05, 3.63) is 22.4 Å². The van der Waals surface area contributed by atoms with Crippen LogP contribution in [0.5, 0.6) is 0 Å². The third kappa shape index (κ3) is 7.11. The number of aliphatic hydroxyl groups is 1. The zero-order valence-corrected chi connectivity index (χ0v) is 12.4. The molecule has 0 radical (unpaired) electrons. The minimum atomic E-state index is -0.431. The van der Waals surface area contributed by atoms with Crippen molar-refractivity contribution in [1.29, 1.82) is 0 Å². The van der Waals surface area contributed by atoms with E-state index in [0.717, 1.165) is 13.0 Å². The van der Waals surface area contributed by atoms with E-state index in [-0.39, 0.29) is 6.10 Å². The van der Waals surface area contributed by atoms with E-state index in [9.17, 15) is 5.11 Å². The van der Waals surface area contributed by atoms with Gasteiger partial charge >= 0.3 is 0 Å². The summed E-state index contributed by atoms with van der Waals surface area (Å²) in [6.45, 7) is 8.22. The molecule has 0 aliphatic heterocycles. The predicted octanol–water partition coefficient (Wildman–Crippen LogP) is 2.65. The maximum atomic E-state index is 9.78. The van der Waals surface area contributed by atoms with E-state index in [1.54, 1.807) is 11.3 Å². The van der Waals surface area contributed by atoms with Gasteiger partial charge in [0.15, 0.2) is 0 Å². The smallest absolute Gasteiger partial charge is 0.0897 e. The molecular weight excluding hydrogens is 246 g/mol. The molecule has 3 nitrogen and oxygen atoms in total. The van der Waals surface area contributed by atoms with E-state index >= 15 is 0 Å². The maximum Gasteiger partial charge on any atom is 0.0897 e. The van der Waals surface area contributed by atoms with E-state index < -0.39 is 6.10 Å². The van der Waals surface area contributed by atoms with Crippen LogP contribution >= 0.6 is 11.3 Å². The van der Waals surface area contributed by atoms with Gasteiger partial charge in [0.2, 0.25) is 0 Å². The minimum absolute atomic E-state index is 0.219. The Kier molecular flexibility index (Phi) is 7.51. The van der Waals surface area contributed by atoms with Gasteiger partial charge in [0.1, 0.15) is 0 Å². The quantitative estimate of drug-likeness (QED) is 0.725. The first-order chi connectivity index (χ1) is 8.58. The van der Waals surface area contributed by atoms with Gasteiger partial charge in [0.05, 0.1) is 18.8 Å². The fourth-order valence-corrected chi connectivity index (χ4v) is 2.52. The van der Waals surface area contributed by atoms with Crippen LogP contribution in [0, 0.1) is 5.92 Å². The van der Waals surface area contributed by atoms with Crippen molar-refractivity contribution >= 4 is 11.3 Å². The van der Waals surface area contributed by atoms with E-state index in [1.807, 2.05) is 6.07 Å². The topological polar surface area (TPSA) is 41.5 Å². The molecular formula is C14H25NO2S. The first-order valence-electron chi connectivity index (χ1n) is 6.60. The lowest BCUT2D eigenvalue weighted by Gasteiger charge is -2.18. The first-order valence-corrected chi connectivity index (χ1v) is 7.48. The number of ether oxygens (including phenoxy) is 1. The molecule has 104 valence electrons. The number of aliphatic hydroxyl groups excluding tert-OH is 1. The zero-order valence-electron chi connectivity index (χ0n) is 11.6. The standard InChI is InChI=1S/C14H25NO2S/c1-11(2)7-12(3)17-10-13(16)8-15-9-14-5-4-6-18-14/h4-6,11-13,15-16H,7-10H2,1-3H3. The highest BCUT2D eigenvalue weighted by Gasteiger charge is 2.09. The lowest BCUT2D eigenvalue weighted by molar-refractivity contribution is -0.00855. The third-order valence-corrected chi connectivity index (χ3v) is 3.51. The van der Waals surface area contributed by atoms with Crippen molar-refractivity contribution in [3.8, 4) is 0 Å². The van der Waals surface area contributed by atoms with Crippen LogP contribution in [-0.2, 0) is 11.3 Å². The van der Waals surface area contributed by atoms with Gasteiger partial charge in [-0.3, -0.25) is 0 Å². The SMILES string of the molecule is CC(C)CC(C)OCC(O)CNCc1cccs1. The first kappa shape index (κ1) is 15.6. The van der Waals surface area contributed by atoms with Gasteiger partial charge in [-0.2, -0.15) is 0 Å². The second kappa shape index (κ2) is 8.64. The van der Waals surface area contributed by atoms with Crippen LogP contribution in [-0.4, -0.2) is 30.5 Å². The molecule has 0 aromatic carbocycles. The van der Waals surface area contributed by atoms with E-state index in [0.29, 0.717) is 19.1 Å². The van der Waals surface area contributed by atoms with Crippen LogP contribution in [0.2, 0.25) is 0 Å². The Morgan fingerprint density at radius 3 is 2.78 bits per heavy atom. The highest BCUT2D eigenvalue weighted by molar-refractivity contribution is 7.09. The third-order valence-electron chi connectivity index (χ3n) is 2.64. The fraction of sp³-hybridized carbons (Fsp3) is 0.714. The molecule has 1 heterocycles. The molecule has 0 fully saturated rings. The molecule has 0 saturated carbocycles. The van der Waals surface area contributed by atoms with Crippen LogP contribution in [0.4, 0.5) is 0 Å². The van der Waals surface area contributed by atoms with Crippen LogP contribution in [0.25, 0.3) is 0 Å². The Labute approximate surface area is 114 Å². The van der Waals surface area contributed by atoms with Gasteiger partial charge in [0.25, 0.3) is 0 Å². The van der Waals surface area contributed by atoms with Crippen LogP contribution in [0.3, 0.4) is 0 Å². The monoisotopic (exact) mass is 271 g/mol. The van der Waals surface area contributed by atoms with E-state index in [2.05, 4.69) is 37.5 Å². The van der Waals surface area contributed by atoms with Crippen LogP contribution < -0.4 is 5.32 Å². The molecule has 0 spiro atoms. The summed E-state index contributed by atoms with van der Waals surface area (Å²) < 4.78 is 5.61. The highest BCUT2D eigenvalue weighted by atomic mass is 32.1. The van der Waals surface area contributed by atoms with Gasteiger partial charge in [-0.1, -0.05) is 19.9 Å². The Morgan fingerprint density at radius 2 is 2.17 bits per heavy atom. The Balaban J connectivity index is 2.04. The highest BCUT2D eigenvalue weighted by Crippen LogP contribution is 2.08. The van der Waals surface area contributed by atoms with Gasteiger partial charge in [-0.05, 0) is 30.7 Å². The van der Waals surface area contributed by atoms with Gasteiger partial charge in [-0.25, -0.2) is 0 Å². The number of hydrogen-bond donors (Lipinski definition) is 2. The summed E-state index contributed by atoms with van der Waals surface area (Å²) in [5.74, 6) is 0.633. The summed E-state index contributed by atoms with van der Waals surface area (Å²) in [6, 6.07) is 4.13. The minimum Gasteiger partial charge on any atom is -0.389 e. The van der Waals surface area contributed by atoms with Crippen molar-refractivity contribution in [2.75, 3.05) is 13.2 Å². The fourth-order valence-electron chi connectivity index (χ4n) is 1.84. The molecule has 0 bridgehead atoms. The Hall–Kier alpha value is -0.420. The predicted molar refractivity (Wildman–Crippen MR) is 76.9 cm³/mol. The van der Waals surface area contributed by atoms with Crippen molar-refractivity contribution in [2.24, 2.45) is 5.92 Å². The molecule has 1 aromatic rings. The van der Waals surface area contributed by atoms with Crippen molar-refractivity contribution in [1.82, 2.24) is 5.32 Å². The molecule has 0 saturated heterocycles. The van der Waals surface area contributed by atoms with Crippen LogP contribution in [0.15, 0.2) is 17.5 Å². The lowest BCUT2D eigenvalue weighted by Crippen LogP contribution is -2.31. The Morgan fingerprint density at radius 1 is 1.39 bits per heavy atom. The maximum absolute atomic E-state index is 9.78. The average molecular weight is 271 g/mol. The van der Waals surface area contributed by atoms with Crippen molar-refractivity contribution in [2.45, 2.75) is 45.9 Å². The molecule has 2 N–H and O–H groups in total. The molecule has 1 rings (SSSR count). The molecule has 0 aliphatic rings. The van der Waals surface area contributed by atoms with E-state index in [4.69, 9.17) is 4.74 Å². The summed E-state index contributed by atoms with van der Waals surface area (Å²) in [5.41, 5.74) is 0. The van der Waals surface area contributed by atoms with Crippen molar-refractivity contribution < 1.29 is 9.84 Å². The summed E-state index contributed by atoms with van der Waals surface area (Å²) in [5, 5.41) is 15.1. The second-order valence-electron chi connectivity index (χ2n) is 5.14. The van der Waals surface area contributed by atoms with Gasteiger partial charge in [0, 0.05) is 18.0 Å². The van der Waals surface area contributed by atoms with Crippen molar-refractivity contribution in [3.63, 3.8) is 0 Å². The van der Waals surface area contributed by atoms with E-state index in [1.165, 1.54) is 4.88 Å². The number of thiophene rings is 1. The molecule has 2 unspecified atom stereocenters. The lowest BCUT2D eigenvalue weighted by atomic mass is 10.1. The van der Waals surface area contributed by atoms with Crippen LogP contribution in [0.1, 0.15) is 32.1 Å². The zero-order chi connectivity index (χ0) is 13.4. The Bertz CT molecular complexity index is 301. The molecule has 18 heavy (non-hydrogen) atoms. The molecule has 4 heteroatoms.